The molecule has 0 spiro atoms. The van der Waals surface area contributed by atoms with E-state index in [0.717, 1.165) is 25.3 Å². The van der Waals surface area contributed by atoms with Gasteiger partial charge in [0.15, 0.2) is 0 Å². The Labute approximate surface area is 92.9 Å². The monoisotopic (exact) mass is 218 g/mol. The zero-order valence-corrected chi connectivity index (χ0v) is 8.66. The van der Waals surface area contributed by atoms with E-state index in [1.54, 1.807) is 0 Å². The number of hydrogen-bond donors (Lipinski definition) is 1. The molecular weight excluding hydrogens is 207 g/mol. The van der Waals surface area contributed by atoms with Gasteiger partial charge in [0, 0.05) is 6.04 Å². The van der Waals surface area contributed by atoms with Crippen molar-refractivity contribution in [2.45, 2.75) is 25.3 Å². The topological polar surface area (TPSA) is 52.9 Å². The van der Waals surface area contributed by atoms with Crippen molar-refractivity contribution in [2.75, 3.05) is 0 Å². The maximum Gasteiger partial charge on any atom is 0.254 e. The van der Waals surface area contributed by atoms with E-state index in [0.29, 0.717) is 0 Å². The van der Waals surface area contributed by atoms with Crippen LogP contribution in [0.15, 0.2) is 18.2 Å². The van der Waals surface area contributed by atoms with Crippen LogP contribution in [-0.2, 0) is 0 Å². The van der Waals surface area contributed by atoms with Crippen molar-refractivity contribution >= 4 is 5.91 Å². The fourth-order valence-corrected chi connectivity index (χ4v) is 1.58. The van der Waals surface area contributed by atoms with Gasteiger partial charge in [-0.05, 0) is 37.5 Å². The molecule has 2 rings (SSSR count). The van der Waals surface area contributed by atoms with E-state index >= 15 is 0 Å². The summed E-state index contributed by atoms with van der Waals surface area (Å²) in [4.78, 5) is 11.6. The molecule has 16 heavy (non-hydrogen) atoms. The van der Waals surface area contributed by atoms with Crippen molar-refractivity contribution in [1.29, 1.82) is 5.26 Å². The number of halogens is 1. The van der Waals surface area contributed by atoms with Crippen LogP contribution in [0.4, 0.5) is 4.39 Å². The van der Waals surface area contributed by atoms with Crippen LogP contribution < -0.4 is 5.32 Å². The van der Waals surface area contributed by atoms with Crippen molar-refractivity contribution in [3.8, 4) is 6.07 Å². The molecule has 0 unspecified atom stereocenters. The first kappa shape index (κ1) is 10.6. The molecule has 0 bridgehead atoms. The molecule has 0 heterocycles. The lowest BCUT2D eigenvalue weighted by molar-refractivity contribution is 0.0913. The van der Waals surface area contributed by atoms with Crippen molar-refractivity contribution in [3.63, 3.8) is 0 Å². The van der Waals surface area contributed by atoms with Gasteiger partial charge in [0.2, 0.25) is 0 Å². The fourth-order valence-electron chi connectivity index (χ4n) is 1.58. The van der Waals surface area contributed by atoms with Gasteiger partial charge in [0.25, 0.3) is 5.91 Å². The van der Waals surface area contributed by atoms with Gasteiger partial charge in [-0.25, -0.2) is 4.39 Å². The minimum atomic E-state index is -0.643. The number of nitriles is 1. The van der Waals surface area contributed by atoms with Crippen molar-refractivity contribution in [2.24, 2.45) is 0 Å². The summed E-state index contributed by atoms with van der Waals surface area (Å²) in [6.07, 6.45) is 3.04. The molecule has 0 atom stereocenters. The van der Waals surface area contributed by atoms with Crippen molar-refractivity contribution < 1.29 is 9.18 Å². The molecule has 0 aromatic heterocycles. The van der Waals surface area contributed by atoms with Crippen LogP contribution in [0.1, 0.15) is 35.2 Å². The number of carbonyl (C=O) groups is 1. The molecule has 1 aromatic rings. The molecule has 82 valence electrons. The Balaban J connectivity index is 2.13. The fraction of sp³-hybridized carbons (Fsp3) is 0.333. The lowest BCUT2D eigenvalue weighted by atomic mass is 9.93. The molecule has 1 N–H and O–H groups in total. The third-order valence-electron chi connectivity index (χ3n) is 2.78. The number of amides is 1. The molecule has 1 fully saturated rings. The van der Waals surface area contributed by atoms with Crippen LogP contribution >= 0.6 is 0 Å². The Morgan fingerprint density at radius 1 is 1.50 bits per heavy atom. The molecule has 1 aromatic carbocycles. The predicted octanol–water partition coefficient (Wildman–Crippen LogP) is 1.98. The molecule has 1 amide bonds. The van der Waals surface area contributed by atoms with Gasteiger partial charge in [-0.2, -0.15) is 5.26 Å². The van der Waals surface area contributed by atoms with Gasteiger partial charge in [-0.15, -0.1) is 0 Å². The van der Waals surface area contributed by atoms with E-state index < -0.39 is 11.7 Å². The smallest absolute Gasteiger partial charge is 0.254 e. The number of benzene rings is 1. The summed E-state index contributed by atoms with van der Waals surface area (Å²) >= 11 is 0. The van der Waals surface area contributed by atoms with Gasteiger partial charge < -0.3 is 5.32 Å². The summed E-state index contributed by atoms with van der Waals surface area (Å²) in [7, 11) is 0. The van der Waals surface area contributed by atoms with Gasteiger partial charge in [0.05, 0.1) is 17.2 Å². The average molecular weight is 218 g/mol. The summed E-state index contributed by atoms with van der Waals surface area (Å²) in [5.41, 5.74) is 0.226. The van der Waals surface area contributed by atoms with Gasteiger partial charge >= 0.3 is 0 Å². The highest BCUT2D eigenvalue weighted by Gasteiger charge is 2.21. The second-order valence-corrected chi connectivity index (χ2v) is 3.91. The zero-order chi connectivity index (χ0) is 11.5. The maximum atomic E-state index is 13.4. The van der Waals surface area contributed by atoms with Crippen LogP contribution in [-0.4, -0.2) is 11.9 Å². The highest BCUT2D eigenvalue weighted by atomic mass is 19.1. The summed E-state index contributed by atoms with van der Waals surface area (Å²) < 4.78 is 13.4. The molecule has 1 aliphatic rings. The molecule has 1 aliphatic carbocycles. The largest absolute Gasteiger partial charge is 0.349 e. The van der Waals surface area contributed by atoms with Crippen molar-refractivity contribution in [3.05, 3.63) is 35.1 Å². The quantitative estimate of drug-likeness (QED) is 0.825. The second kappa shape index (κ2) is 4.31. The van der Waals surface area contributed by atoms with E-state index in [-0.39, 0.29) is 17.2 Å². The lowest BCUT2D eigenvalue weighted by Gasteiger charge is -2.26. The SMILES string of the molecule is N#Cc1ccc(C(=O)NC2CCC2)c(F)c1. The molecule has 4 heteroatoms. The Hall–Kier alpha value is -1.89. The van der Waals surface area contributed by atoms with E-state index in [9.17, 15) is 9.18 Å². The minimum absolute atomic E-state index is 0.00546. The molecule has 0 radical (unpaired) electrons. The molecule has 0 aliphatic heterocycles. The van der Waals surface area contributed by atoms with Gasteiger partial charge in [-0.1, -0.05) is 0 Å². The first-order chi connectivity index (χ1) is 7.70. The van der Waals surface area contributed by atoms with E-state index in [1.807, 2.05) is 6.07 Å². The number of nitrogens with one attached hydrogen (secondary N) is 1. The summed E-state index contributed by atoms with van der Waals surface area (Å²) in [6.45, 7) is 0. The standard InChI is InChI=1S/C12H11FN2O/c13-11-6-8(7-14)4-5-10(11)12(16)15-9-2-1-3-9/h4-6,9H,1-3H2,(H,15,16). The Bertz CT molecular complexity index is 461. The van der Waals surface area contributed by atoms with Gasteiger partial charge in [-0.3, -0.25) is 4.79 Å². The van der Waals surface area contributed by atoms with Crippen LogP contribution in [0, 0.1) is 17.1 Å². The predicted molar refractivity (Wildman–Crippen MR) is 56.2 cm³/mol. The Kier molecular flexibility index (Phi) is 2.86. The van der Waals surface area contributed by atoms with E-state index in [4.69, 9.17) is 5.26 Å². The summed E-state index contributed by atoms with van der Waals surface area (Å²) in [5.74, 6) is -1.04. The van der Waals surface area contributed by atoms with Gasteiger partial charge in [0.1, 0.15) is 5.82 Å². The highest BCUT2D eigenvalue weighted by Crippen LogP contribution is 2.19. The average Bonchev–Trinajstić information content (AvgIpc) is 2.23. The Morgan fingerprint density at radius 3 is 2.75 bits per heavy atom. The maximum absolute atomic E-state index is 13.4. The van der Waals surface area contributed by atoms with Crippen LogP contribution in [0.2, 0.25) is 0 Å². The number of carbonyl (C=O) groups excluding carboxylic acids is 1. The molecule has 1 saturated carbocycles. The number of rotatable bonds is 2. The second-order valence-electron chi connectivity index (χ2n) is 3.91. The molecular formula is C12H11FN2O. The highest BCUT2D eigenvalue weighted by molar-refractivity contribution is 5.94. The van der Waals surface area contributed by atoms with E-state index in [1.165, 1.54) is 12.1 Å². The third kappa shape index (κ3) is 2.03. The molecule has 3 nitrogen and oxygen atoms in total. The first-order valence-corrected chi connectivity index (χ1v) is 5.21. The van der Waals surface area contributed by atoms with Crippen LogP contribution in [0.25, 0.3) is 0 Å². The first-order valence-electron chi connectivity index (χ1n) is 5.21. The number of hydrogen-bond acceptors (Lipinski definition) is 2. The third-order valence-corrected chi connectivity index (χ3v) is 2.78. The Morgan fingerprint density at radius 2 is 2.25 bits per heavy atom. The van der Waals surface area contributed by atoms with Crippen LogP contribution in [0.5, 0.6) is 0 Å². The van der Waals surface area contributed by atoms with E-state index in [2.05, 4.69) is 5.32 Å². The lowest BCUT2D eigenvalue weighted by Crippen LogP contribution is -2.39. The number of nitrogens with zero attached hydrogens (tertiary/aromatic N) is 1. The van der Waals surface area contributed by atoms with Crippen molar-refractivity contribution in [1.82, 2.24) is 5.32 Å². The molecule has 0 saturated heterocycles. The normalized spacial score (nSPS) is 15.0. The minimum Gasteiger partial charge on any atom is -0.349 e. The zero-order valence-electron chi connectivity index (χ0n) is 8.66. The summed E-state index contributed by atoms with van der Waals surface area (Å²) in [5, 5.41) is 11.3. The summed E-state index contributed by atoms with van der Waals surface area (Å²) in [6, 6.07) is 5.88. The van der Waals surface area contributed by atoms with Crippen LogP contribution in [0.3, 0.4) is 0 Å².